The largest absolute Gasteiger partial charge is 0.368 e. The first-order valence-electron chi connectivity index (χ1n) is 6.64. The third kappa shape index (κ3) is 2.47. The first-order chi connectivity index (χ1) is 9.74. The van der Waals surface area contributed by atoms with Gasteiger partial charge in [-0.05, 0) is 26.3 Å². The van der Waals surface area contributed by atoms with Crippen LogP contribution in [-0.4, -0.2) is 36.3 Å². The van der Waals surface area contributed by atoms with Crippen molar-refractivity contribution in [2.45, 2.75) is 26.8 Å². The summed E-state index contributed by atoms with van der Waals surface area (Å²) in [6.07, 6.45) is 4.39. The zero-order valence-corrected chi connectivity index (χ0v) is 11.6. The number of nitrogens with zero attached hydrogens (tertiary/aromatic N) is 5. The van der Waals surface area contributed by atoms with Gasteiger partial charge in [0.1, 0.15) is 23.5 Å². The number of nitrogens with one attached hydrogen (secondary N) is 2. The molecule has 3 aromatic rings. The smallest absolute Gasteiger partial charge is 0.153 e. The van der Waals surface area contributed by atoms with Crippen molar-refractivity contribution < 1.29 is 0 Å². The van der Waals surface area contributed by atoms with Crippen LogP contribution in [0, 0.1) is 13.8 Å². The highest BCUT2D eigenvalue weighted by Crippen LogP contribution is 2.16. The van der Waals surface area contributed by atoms with Gasteiger partial charge in [0.2, 0.25) is 0 Å². The second-order valence-electron chi connectivity index (χ2n) is 4.67. The quantitative estimate of drug-likeness (QED) is 0.689. The molecule has 0 aliphatic heterocycles. The van der Waals surface area contributed by atoms with Crippen LogP contribution in [0.1, 0.15) is 18.1 Å². The third-order valence-electron chi connectivity index (χ3n) is 3.15. The number of rotatable bonds is 5. The molecule has 0 atom stereocenters. The van der Waals surface area contributed by atoms with Crippen LogP contribution in [0.3, 0.4) is 0 Å². The van der Waals surface area contributed by atoms with Gasteiger partial charge in [-0.25, -0.2) is 15.0 Å². The minimum atomic E-state index is 0.819. The predicted molar refractivity (Wildman–Crippen MR) is 76.5 cm³/mol. The molecule has 7 nitrogen and oxygen atoms in total. The van der Waals surface area contributed by atoms with Crippen LogP contribution in [0.2, 0.25) is 0 Å². The predicted octanol–water partition coefficient (Wildman–Crippen LogP) is 1.67. The van der Waals surface area contributed by atoms with E-state index in [4.69, 9.17) is 0 Å². The Labute approximate surface area is 116 Å². The molecular weight excluding hydrogens is 254 g/mol. The Kier molecular flexibility index (Phi) is 3.32. The number of hydrogen-bond acceptors (Lipinski definition) is 5. The van der Waals surface area contributed by atoms with E-state index in [1.807, 2.05) is 30.8 Å². The fourth-order valence-electron chi connectivity index (χ4n) is 2.21. The van der Waals surface area contributed by atoms with Gasteiger partial charge >= 0.3 is 0 Å². The molecule has 0 aliphatic rings. The summed E-state index contributed by atoms with van der Waals surface area (Å²) in [7, 11) is 0. The standard InChI is InChI=1S/C13H17N7/c1-9-18-10(2)20(19-9)7-3-5-15-13-12-11(4-6-14-12)16-8-17-13/h4,6,8,14H,3,5,7H2,1-2H3,(H,15,16,17). The molecular formula is C13H17N7. The van der Waals surface area contributed by atoms with Gasteiger partial charge in [-0.3, -0.25) is 4.68 Å². The van der Waals surface area contributed by atoms with E-state index in [0.717, 1.165) is 48.0 Å². The Bertz CT molecular complexity index is 712. The minimum absolute atomic E-state index is 0.819. The summed E-state index contributed by atoms with van der Waals surface area (Å²) < 4.78 is 1.93. The molecule has 0 spiro atoms. The van der Waals surface area contributed by atoms with Crippen molar-refractivity contribution in [1.82, 2.24) is 29.7 Å². The molecule has 7 heteroatoms. The van der Waals surface area contributed by atoms with Crippen molar-refractivity contribution in [3.05, 3.63) is 30.2 Å². The maximum atomic E-state index is 4.34. The SMILES string of the molecule is Cc1nc(C)n(CCCNc2ncnc3cc[nH]c23)n1. The topological polar surface area (TPSA) is 84.3 Å². The molecule has 20 heavy (non-hydrogen) atoms. The van der Waals surface area contributed by atoms with Crippen molar-refractivity contribution in [2.75, 3.05) is 11.9 Å². The van der Waals surface area contributed by atoms with E-state index in [0.29, 0.717) is 0 Å². The zero-order valence-electron chi connectivity index (χ0n) is 11.6. The number of anilines is 1. The van der Waals surface area contributed by atoms with Crippen molar-refractivity contribution in [2.24, 2.45) is 0 Å². The summed E-state index contributed by atoms with van der Waals surface area (Å²) in [6.45, 7) is 5.55. The van der Waals surface area contributed by atoms with Crippen molar-refractivity contribution in [3.63, 3.8) is 0 Å². The summed E-state index contributed by atoms with van der Waals surface area (Å²) in [6, 6.07) is 1.93. The molecule has 3 rings (SSSR count). The van der Waals surface area contributed by atoms with Crippen molar-refractivity contribution in [3.8, 4) is 0 Å². The molecule has 0 bridgehead atoms. The molecule has 0 fully saturated rings. The summed E-state index contributed by atoms with van der Waals surface area (Å²) in [5, 5.41) is 7.67. The second-order valence-corrected chi connectivity index (χ2v) is 4.67. The maximum absolute atomic E-state index is 4.34. The average Bonchev–Trinajstić information content (AvgIpc) is 3.01. The third-order valence-corrected chi connectivity index (χ3v) is 3.15. The average molecular weight is 271 g/mol. The Balaban J connectivity index is 1.58. The molecule has 2 N–H and O–H groups in total. The monoisotopic (exact) mass is 271 g/mol. The number of H-pyrrole nitrogens is 1. The summed E-state index contributed by atoms with van der Waals surface area (Å²) in [5.41, 5.74) is 1.87. The van der Waals surface area contributed by atoms with Gasteiger partial charge in [-0.1, -0.05) is 0 Å². The molecule has 0 radical (unpaired) electrons. The highest BCUT2D eigenvalue weighted by Gasteiger charge is 2.04. The van der Waals surface area contributed by atoms with Crippen LogP contribution < -0.4 is 5.32 Å². The van der Waals surface area contributed by atoms with Crippen LogP contribution >= 0.6 is 0 Å². The molecule has 0 unspecified atom stereocenters. The molecule has 3 aromatic heterocycles. The highest BCUT2D eigenvalue weighted by atomic mass is 15.3. The number of fused-ring (bicyclic) bond motifs is 1. The molecule has 0 aliphatic carbocycles. The van der Waals surface area contributed by atoms with Gasteiger partial charge in [0.15, 0.2) is 5.82 Å². The van der Waals surface area contributed by atoms with E-state index in [1.165, 1.54) is 0 Å². The summed E-state index contributed by atoms with van der Waals surface area (Å²) >= 11 is 0. The first kappa shape index (κ1) is 12.6. The Hall–Kier alpha value is -2.44. The van der Waals surface area contributed by atoms with Gasteiger partial charge in [-0.2, -0.15) is 5.10 Å². The van der Waals surface area contributed by atoms with Gasteiger partial charge in [0.05, 0.1) is 5.52 Å². The number of aryl methyl sites for hydroxylation is 3. The first-order valence-corrected chi connectivity index (χ1v) is 6.64. The summed E-state index contributed by atoms with van der Waals surface area (Å²) in [4.78, 5) is 15.9. The van der Waals surface area contributed by atoms with Gasteiger partial charge < -0.3 is 10.3 Å². The Morgan fingerprint density at radius 1 is 1.30 bits per heavy atom. The minimum Gasteiger partial charge on any atom is -0.368 e. The van der Waals surface area contributed by atoms with E-state index < -0.39 is 0 Å². The number of aromatic amines is 1. The zero-order chi connectivity index (χ0) is 13.9. The lowest BCUT2D eigenvalue weighted by Crippen LogP contribution is -2.10. The fourth-order valence-corrected chi connectivity index (χ4v) is 2.21. The lowest BCUT2D eigenvalue weighted by molar-refractivity contribution is 0.571. The van der Waals surface area contributed by atoms with Crippen LogP contribution in [0.5, 0.6) is 0 Å². The molecule has 0 amide bonds. The molecule has 0 saturated carbocycles. The Morgan fingerprint density at radius 3 is 3.00 bits per heavy atom. The van der Waals surface area contributed by atoms with E-state index in [9.17, 15) is 0 Å². The van der Waals surface area contributed by atoms with Crippen LogP contribution in [0.4, 0.5) is 5.82 Å². The van der Waals surface area contributed by atoms with E-state index >= 15 is 0 Å². The number of aromatic nitrogens is 6. The molecule has 0 saturated heterocycles. The highest BCUT2D eigenvalue weighted by molar-refractivity contribution is 5.85. The van der Waals surface area contributed by atoms with E-state index in [2.05, 4.69) is 30.4 Å². The fraction of sp³-hybridized carbons (Fsp3) is 0.385. The molecule has 104 valence electrons. The van der Waals surface area contributed by atoms with Gasteiger partial charge in [-0.15, -0.1) is 0 Å². The van der Waals surface area contributed by atoms with Gasteiger partial charge in [0, 0.05) is 19.3 Å². The molecule has 0 aromatic carbocycles. The van der Waals surface area contributed by atoms with Gasteiger partial charge in [0.25, 0.3) is 0 Å². The van der Waals surface area contributed by atoms with Crippen LogP contribution in [0.25, 0.3) is 11.0 Å². The normalized spacial score (nSPS) is 11.1. The van der Waals surface area contributed by atoms with Crippen molar-refractivity contribution in [1.29, 1.82) is 0 Å². The van der Waals surface area contributed by atoms with Crippen LogP contribution in [0.15, 0.2) is 18.6 Å². The Morgan fingerprint density at radius 2 is 2.20 bits per heavy atom. The maximum Gasteiger partial charge on any atom is 0.153 e. The molecule has 3 heterocycles. The number of hydrogen-bond donors (Lipinski definition) is 2. The van der Waals surface area contributed by atoms with E-state index in [1.54, 1.807) is 6.33 Å². The lowest BCUT2D eigenvalue weighted by Gasteiger charge is -2.07. The second kappa shape index (κ2) is 5.28. The summed E-state index contributed by atoms with van der Waals surface area (Å²) in [5.74, 6) is 2.61. The van der Waals surface area contributed by atoms with E-state index in [-0.39, 0.29) is 0 Å². The van der Waals surface area contributed by atoms with Crippen LogP contribution in [-0.2, 0) is 6.54 Å². The lowest BCUT2D eigenvalue weighted by atomic mass is 10.4. The van der Waals surface area contributed by atoms with Crippen molar-refractivity contribution >= 4 is 16.9 Å².